The zero-order valence-electron chi connectivity index (χ0n) is 13.1. The topological polar surface area (TPSA) is 24.5 Å². The van der Waals surface area contributed by atoms with Gasteiger partial charge in [0.25, 0.3) is 0 Å². The highest BCUT2D eigenvalue weighted by Crippen LogP contribution is 2.28. The second kappa shape index (κ2) is 7.65. The Morgan fingerprint density at radius 3 is 2.85 bits per heavy atom. The van der Waals surface area contributed by atoms with E-state index < -0.39 is 0 Å². The Hall–Kier alpha value is -1.06. The molecule has 0 aliphatic carbocycles. The highest BCUT2D eigenvalue weighted by Gasteiger charge is 2.20. The van der Waals surface area contributed by atoms with Crippen molar-refractivity contribution in [3.8, 4) is 5.75 Å². The van der Waals surface area contributed by atoms with Gasteiger partial charge in [-0.25, -0.2) is 0 Å². The Bertz CT molecular complexity index is 408. The van der Waals surface area contributed by atoms with E-state index in [2.05, 4.69) is 42.4 Å². The molecule has 0 amide bonds. The van der Waals surface area contributed by atoms with Crippen molar-refractivity contribution in [3.05, 3.63) is 29.8 Å². The molecular weight excluding hydrogens is 248 g/mol. The molecule has 20 heavy (non-hydrogen) atoms. The van der Waals surface area contributed by atoms with E-state index in [1.54, 1.807) is 7.11 Å². The molecule has 1 N–H and O–H groups in total. The van der Waals surface area contributed by atoms with Crippen LogP contribution in [0.4, 0.5) is 0 Å². The molecule has 0 aromatic heterocycles. The second-order valence-electron chi connectivity index (χ2n) is 5.80. The van der Waals surface area contributed by atoms with Gasteiger partial charge in [-0.3, -0.25) is 0 Å². The fraction of sp³-hybridized carbons (Fsp3) is 0.647. The maximum atomic E-state index is 5.51. The first-order valence-corrected chi connectivity index (χ1v) is 7.82. The number of methoxy groups -OCH3 is 1. The Labute approximate surface area is 123 Å². The lowest BCUT2D eigenvalue weighted by Crippen LogP contribution is -2.33. The predicted molar refractivity (Wildman–Crippen MR) is 84.3 cm³/mol. The van der Waals surface area contributed by atoms with E-state index in [0.717, 1.165) is 12.2 Å². The summed E-state index contributed by atoms with van der Waals surface area (Å²) >= 11 is 0. The molecule has 2 atom stereocenters. The van der Waals surface area contributed by atoms with Crippen LogP contribution in [0.5, 0.6) is 5.75 Å². The standard InChI is InChI=1S/C17H28N2O/c1-4-16(15-9-5-6-10-17(15)20-3)18-14-8-7-12-19(2)13-11-14/h5-6,9-10,14,16,18H,4,7-8,11-13H2,1-3H3. The van der Waals surface area contributed by atoms with Crippen molar-refractivity contribution >= 4 is 0 Å². The molecule has 3 heteroatoms. The van der Waals surface area contributed by atoms with Crippen LogP contribution in [0.15, 0.2) is 24.3 Å². The van der Waals surface area contributed by atoms with Crippen molar-refractivity contribution in [3.63, 3.8) is 0 Å². The maximum absolute atomic E-state index is 5.51. The summed E-state index contributed by atoms with van der Waals surface area (Å²) in [5.74, 6) is 0.998. The quantitative estimate of drug-likeness (QED) is 0.893. The van der Waals surface area contributed by atoms with Gasteiger partial charge in [0.05, 0.1) is 7.11 Å². The first kappa shape index (κ1) is 15.3. The van der Waals surface area contributed by atoms with Crippen molar-refractivity contribution in [2.24, 2.45) is 0 Å². The van der Waals surface area contributed by atoms with Gasteiger partial charge < -0.3 is 15.0 Å². The number of benzene rings is 1. The highest BCUT2D eigenvalue weighted by atomic mass is 16.5. The number of nitrogens with one attached hydrogen (secondary N) is 1. The van der Waals surface area contributed by atoms with Gasteiger partial charge in [0, 0.05) is 17.6 Å². The van der Waals surface area contributed by atoms with E-state index in [4.69, 9.17) is 4.74 Å². The number of nitrogens with zero attached hydrogens (tertiary/aromatic N) is 1. The largest absolute Gasteiger partial charge is 0.496 e. The summed E-state index contributed by atoms with van der Waals surface area (Å²) in [6.45, 7) is 4.66. The summed E-state index contributed by atoms with van der Waals surface area (Å²) in [7, 11) is 3.98. The molecule has 1 aromatic rings. The molecule has 2 unspecified atom stereocenters. The van der Waals surface area contributed by atoms with Gasteiger partial charge in [-0.15, -0.1) is 0 Å². The molecule has 0 radical (unpaired) electrons. The molecular formula is C17H28N2O. The van der Waals surface area contributed by atoms with Gasteiger partial charge >= 0.3 is 0 Å². The van der Waals surface area contributed by atoms with Crippen molar-refractivity contribution in [1.82, 2.24) is 10.2 Å². The van der Waals surface area contributed by atoms with Gasteiger partial charge in [-0.1, -0.05) is 25.1 Å². The second-order valence-corrected chi connectivity index (χ2v) is 5.80. The lowest BCUT2D eigenvalue weighted by atomic mass is 10.00. The summed E-state index contributed by atoms with van der Waals surface area (Å²) in [6.07, 6.45) is 4.89. The smallest absolute Gasteiger partial charge is 0.123 e. The van der Waals surface area contributed by atoms with E-state index in [1.165, 1.54) is 37.9 Å². The Morgan fingerprint density at radius 1 is 1.30 bits per heavy atom. The third-order valence-corrected chi connectivity index (χ3v) is 4.31. The number of ether oxygens (including phenoxy) is 1. The number of hydrogen-bond acceptors (Lipinski definition) is 3. The molecule has 0 spiro atoms. The number of rotatable bonds is 5. The summed E-state index contributed by atoms with van der Waals surface area (Å²) in [5.41, 5.74) is 1.29. The van der Waals surface area contributed by atoms with Crippen LogP contribution in [0.2, 0.25) is 0 Å². The molecule has 1 aromatic carbocycles. The fourth-order valence-electron chi connectivity index (χ4n) is 3.07. The van der Waals surface area contributed by atoms with Crippen molar-refractivity contribution < 1.29 is 4.74 Å². The average molecular weight is 276 g/mol. The Morgan fingerprint density at radius 2 is 2.10 bits per heavy atom. The normalized spacial score (nSPS) is 22.2. The summed E-state index contributed by atoms with van der Waals surface area (Å²) < 4.78 is 5.51. The third kappa shape index (κ3) is 3.97. The van der Waals surface area contributed by atoms with Crippen LogP contribution in [-0.2, 0) is 0 Å². The SMILES string of the molecule is CCC(NC1CCCN(C)CC1)c1ccccc1OC. The number of para-hydroxylation sites is 1. The van der Waals surface area contributed by atoms with Crippen LogP contribution in [0.25, 0.3) is 0 Å². The minimum Gasteiger partial charge on any atom is -0.496 e. The predicted octanol–water partition coefficient (Wildman–Crippen LogP) is 3.22. The number of hydrogen-bond donors (Lipinski definition) is 1. The summed E-state index contributed by atoms with van der Waals surface area (Å²) in [5, 5.41) is 3.85. The van der Waals surface area contributed by atoms with Gasteiger partial charge in [0.15, 0.2) is 0 Å². The lowest BCUT2D eigenvalue weighted by Gasteiger charge is -2.25. The van der Waals surface area contributed by atoms with Crippen LogP contribution in [-0.4, -0.2) is 38.2 Å². The molecule has 2 rings (SSSR count). The highest BCUT2D eigenvalue weighted by molar-refractivity contribution is 5.35. The summed E-state index contributed by atoms with van der Waals surface area (Å²) in [4.78, 5) is 2.44. The molecule has 1 saturated heterocycles. The van der Waals surface area contributed by atoms with Crippen LogP contribution >= 0.6 is 0 Å². The van der Waals surface area contributed by atoms with E-state index in [1.807, 2.05) is 6.07 Å². The van der Waals surface area contributed by atoms with Crippen LogP contribution in [0, 0.1) is 0 Å². The fourth-order valence-corrected chi connectivity index (χ4v) is 3.07. The van der Waals surface area contributed by atoms with Crippen LogP contribution < -0.4 is 10.1 Å². The Kier molecular flexibility index (Phi) is 5.86. The van der Waals surface area contributed by atoms with Crippen molar-refractivity contribution in [1.29, 1.82) is 0 Å². The monoisotopic (exact) mass is 276 g/mol. The molecule has 1 aliphatic heterocycles. The molecule has 1 aliphatic rings. The van der Waals surface area contributed by atoms with Gasteiger partial charge in [-0.05, 0) is 51.9 Å². The lowest BCUT2D eigenvalue weighted by molar-refractivity contribution is 0.335. The van der Waals surface area contributed by atoms with Crippen molar-refractivity contribution in [2.75, 3.05) is 27.2 Å². The van der Waals surface area contributed by atoms with E-state index >= 15 is 0 Å². The first-order chi connectivity index (χ1) is 9.74. The molecule has 3 nitrogen and oxygen atoms in total. The van der Waals surface area contributed by atoms with Gasteiger partial charge in [0.1, 0.15) is 5.75 Å². The van der Waals surface area contributed by atoms with Crippen LogP contribution in [0.1, 0.15) is 44.2 Å². The average Bonchev–Trinajstić information content (AvgIpc) is 2.69. The van der Waals surface area contributed by atoms with Gasteiger partial charge in [-0.2, -0.15) is 0 Å². The zero-order chi connectivity index (χ0) is 14.4. The first-order valence-electron chi connectivity index (χ1n) is 7.82. The minimum atomic E-state index is 0.388. The molecule has 112 valence electrons. The van der Waals surface area contributed by atoms with Crippen LogP contribution in [0.3, 0.4) is 0 Å². The minimum absolute atomic E-state index is 0.388. The van der Waals surface area contributed by atoms with Gasteiger partial charge in [0.2, 0.25) is 0 Å². The van der Waals surface area contributed by atoms with E-state index in [9.17, 15) is 0 Å². The molecule has 1 heterocycles. The molecule has 0 saturated carbocycles. The molecule has 0 bridgehead atoms. The number of likely N-dealkylation sites (tertiary alicyclic amines) is 1. The Balaban J connectivity index is 2.04. The maximum Gasteiger partial charge on any atom is 0.123 e. The zero-order valence-corrected chi connectivity index (χ0v) is 13.1. The third-order valence-electron chi connectivity index (χ3n) is 4.31. The van der Waals surface area contributed by atoms with Crippen molar-refractivity contribution in [2.45, 2.75) is 44.7 Å². The van der Waals surface area contributed by atoms with E-state index in [0.29, 0.717) is 12.1 Å². The molecule has 1 fully saturated rings. The van der Waals surface area contributed by atoms with E-state index in [-0.39, 0.29) is 0 Å². The summed E-state index contributed by atoms with van der Waals surface area (Å²) in [6, 6.07) is 9.39.